The van der Waals surface area contributed by atoms with Crippen LogP contribution in [0.1, 0.15) is 47.0 Å². The summed E-state index contributed by atoms with van der Waals surface area (Å²) in [4.78, 5) is 25.7. The minimum atomic E-state index is -4.20. The van der Waals surface area contributed by atoms with Gasteiger partial charge in [-0.2, -0.15) is 0 Å². The zero-order valence-electron chi connectivity index (χ0n) is 11.9. The van der Waals surface area contributed by atoms with E-state index in [2.05, 4.69) is 5.73 Å². The van der Waals surface area contributed by atoms with Crippen molar-refractivity contribution < 1.29 is 24.4 Å². The van der Waals surface area contributed by atoms with Crippen molar-refractivity contribution in [3.63, 3.8) is 0 Å². The van der Waals surface area contributed by atoms with Crippen LogP contribution in [-0.4, -0.2) is 38.0 Å². The Morgan fingerprint density at radius 2 is 1.58 bits per heavy atom. The summed E-state index contributed by atoms with van der Waals surface area (Å²) in [7, 11) is -4.20. The lowest BCUT2D eigenvalue weighted by molar-refractivity contribution is -0.286. The summed E-state index contributed by atoms with van der Waals surface area (Å²) in [6, 6.07) is 0. The van der Waals surface area contributed by atoms with E-state index < -0.39 is 19.7 Å². The molecule has 4 N–H and O–H groups in total. The van der Waals surface area contributed by atoms with Crippen LogP contribution >= 0.6 is 7.60 Å². The summed E-state index contributed by atoms with van der Waals surface area (Å²) >= 11 is 0. The number of rotatable bonds is 2. The third-order valence-electron chi connectivity index (χ3n) is 3.04. The number of hydrogen-bond acceptors (Lipinski definition) is 3. The van der Waals surface area contributed by atoms with Gasteiger partial charge in [-0.1, -0.05) is 0 Å². The molecule has 0 aromatic heterocycles. The van der Waals surface area contributed by atoms with E-state index in [1.54, 1.807) is 0 Å². The number of carbonyl (C=O) groups excluding carboxylic acids is 1. The molecule has 1 aliphatic heterocycles. The minimum absolute atomic E-state index is 0.151. The number of nitrogens with zero attached hydrogens (tertiary/aromatic N) is 1. The first-order valence-electron chi connectivity index (χ1n) is 6.08. The van der Waals surface area contributed by atoms with E-state index in [0.717, 1.165) is 12.8 Å². The molecule has 1 rings (SSSR count). The molecule has 1 saturated heterocycles. The van der Waals surface area contributed by atoms with Crippen molar-refractivity contribution >= 4 is 13.5 Å². The monoisotopic (exact) mass is 295 g/mol. The molecule has 1 radical (unpaired) electrons. The van der Waals surface area contributed by atoms with Crippen molar-refractivity contribution in [3.05, 3.63) is 0 Å². The van der Waals surface area contributed by atoms with Crippen LogP contribution in [0.15, 0.2) is 0 Å². The summed E-state index contributed by atoms with van der Waals surface area (Å²) in [6.45, 7) is 8.11. The zero-order valence-corrected chi connectivity index (χ0v) is 12.8. The fourth-order valence-electron chi connectivity index (χ4n) is 2.18. The second kappa shape index (κ2) is 6.33. The third kappa shape index (κ3) is 7.03. The lowest BCUT2D eigenvalue weighted by Gasteiger charge is -2.46. The molecule has 19 heavy (non-hydrogen) atoms. The maximum absolute atomic E-state index is 11.7. The Hall–Kier alpha value is -0.460. The molecule has 1 amide bonds. The predicted molar refractivity (Wildman–Crippen MR) is 70.6 cm³/mol. The molecule has 0 aromatic carbocycles. The van der Waals surface area contributed by atoms with Gasteiger partial charge in [0.05, 0.1) is 0 Å². The SMILES string of the molecule is CC1(C)CCCC(C)(C)N1[O].NC(=O)CP(=O)(O)O. The molecular weight excluding hydrogens is 271 g/mol. The van der Waals surface area contributed by atoms with Crippen LogP contribution in [0, 0.1) is 0 Å². The van der Waals surface area contributed by atoms with E-state index in [1.165, 1.54) is 11.5 Å². The summed E-state index contributed by atoms with van der Waals surface area (Å²) < 4.78 is 9.84. The first kappa shape index (κ1) is 18.5. The number of hydrogen-bond donors (Lipinski definition) is 3. The number of hydroxylamine groups is 2. The minimum Gasteiger partial charge on any atom is -0.369 e. The van der Waals surface area contributed by atoms with Gasteiger partial charge >= 0.3 is 7.60 Å². The lowest BCUT2D eigenvalue weighted by atomic mass is 9.82. The first-order chi connectivity index (χ1) is 8.28. The van der Waals surface area contributed by atoms with E-state index >= 15 is 0 Å². The average Bonchev–Trinajstić information content (AvgIpc) is 2.10. The van der Waals surface area contributed by atoms with Crippen LogP contribution in [0.2, 0.25) is 0 Å². The van der Waals surface area contributed by atoms with Gasteiger partial charge < -0.3 is 15.5 Å². The molecule has 1 heterocycles. The highest BCUT2D eigenvalue weighted by molar-refractivity contribution is 7.52. The van der Waals surface area contributed by atoms with E-state index in [-0.39, 0.29) is 11.1 Å². The fourth-order valence-corrected chi connectivity index (χ4v) is 2.59. The standard InChI is InChI=1S/C9H18NO.C2H6NO4P/c1-8(2)6-5-7-9(3,4)10(8)11;3-2(4)1-8(5,6)7/h5-7H2,1-4H3;1H2,(H2,3,4)(H2,5,6,7). The van der Waals surface area contributed by atoms with Gasteiger partial charge in [0.15, 0.2) is 0 Å². The Bertz CT molecular complexity index is 348. The van der Waals surface area contributed by atoms with Crippen LogP contribution in [0.3, 0.4) is 0 Å². The van der Waals surface area contributed by atoms with E-state index in [0.29, 0.717) is 0 Å². The van der Waals surface area contributed by atoms with Gasteiger partial charge in [0.25, 0.3) is 0 Å². The maximum atomic E-state index is 11.7. The lowest BCUT2D eigenvalue weighted by Crippen LogP contribution is -2.55. The largest absolute Gasteiger partial charge is 0.369 e. The molecular formula is C11H24N2O5P. The Morgan fingerprint density at radius 1 is 1.21 bits per heavy atom. The number of primary amides is 1. The maximum Gasteiger partial charge on any atom is 0.334 e. The van der Waals surface area contributed by atoms with Gasteiger partial charge in [-0.3, -0.25) is 9.36 Å². The molecule has 0 atom stereocenters. The van der Waals surface area contributed by atoms with Crippen molar-refractivity contribution in [1.82, 2.24) is 5.06 Å². The highest BCUT2D eigenvalue weighted by Crippen LogP contribution is 2.36. The highest BCUT2D eigenvalue weighted by Gasteiger charge is 2.41. The molecule has 8 heteroatoms. The van der Waals surface area contributed by atoms with E-state index in [1.807, 2.05) is 27.7 Å². The van der Waals surface area contributed by atoms with Gasteiger partial charge in [0.1, 0.15) is 6.16 Å². The second-order valence-corrected chi connectivity index (χ2v) is 7.71. The Balaban J connectivity index is 0.000000362. The molecule has 7 nitrogen and oxygen atoms in total. The summed E-state index contributed by atoms with van der Waals surface area (Å²) in [6.07, 6.45) is 2.37. The number of piperidine rings is 1. The Morgan fingerprint density at radius 3 is 1.74 bits per heavy atom. The Labute approximate surface area is 113 Å². The first-order valence-corrected chi connectivity index (χ1v) is 7.88. The quantitative estimate of drug-likeness (QED) is 0.656. The van der Waals surface area contributed by atoms with Gasteiger partial charge in [0.2, 0.25) is 5.91 Å². The summed E-state index contributed by atoms with van der Waals surface area (Å²) in [5.74, 6) is -0.988. The number of amides is 1. The van der Waals surface area contributed by atoms with Crippen molar-refractivity contribution in [3.8, 4) is 0 Å². The smallest absolute Gasteiger partial charge is 0.334 e. The summed E-state index contributed by atoms with van der Waals surface area (Å²) in [5.41, 5.74) is 4.15. The molecule has 0 bridgehead atoms. The van der Waals surface area contributed by atoms with Gasteiger partial charge in [0, 0.05) is 11.1 Å². The van der Waals surface area contributed by atoms with Crippen molar-refractivity contribution in [2.45, 2.75) is 58.0 Å². The zero-order chi connectivity index (χ0) is 15.5. The van der Waals surface area contributed by atoms with Crippen molar-refractivity contribution in [1.29, 1.82) is 0 Å². The average molecular weight is 295 g/mol. The topological polar surface area (TPSA) is 124 Å². The van der Waals surface area contributed by atoms with E-state index in [9.17, 15) is 14.6 Å². The number of carbonyl (C=O) groups is 1. The molecule has 1 fully saturated rings. The Kier molecular flexibility index (Phi) is 6.17. The molecule has 0 unspecified atom stereocenters. The van der Waals surface area contributed by atoms with E-state index in [4.69, 9.17) is 9.79 Å². The fraction of sp³-hybridized carbons (Fsp3) is 0.909. The van der Waals surface area contributed by atoms with Crippen LogP contribution in [-0.2, 0) is 14.6 Å². The van der Waals surface area contributed by atoms with Gasteiger partial charge in [-0.05, 0) is 47.0 Å². The highest BCUT2D eigenvalue weighted by atomic mass is 31.2. The van der Waals surface area contributed by atoms with Gasteiger partial charge in [-0.15, -0.1) is 10.3 Å². The third-order valence-corrected chi connectivity index (χ3v) is 3.76. The normalized spacial score (nSPS) is 22.3. The van der Waals surface area contributed by atoms with Crippen LogP contribution < -0.4 is 5.73 Å². The van der Waals surface area contributed by atoms with Crippen molar-refractivity contribution in [2.24, 2.45) is 5.73 Å². The van der Waals surface area contributed by atoms with Crippen molar-refractivity contribution in [2.75, 3.05) is 6.16 Å². The molecule has 0 aromatic rings. The molecule has 1 aliphatic rings. The summed E-state index contributed by atoms with van der Waals surface area (Å²) in [5, 5.41) is 13.0. The van der Waals surface area contributed by atoms with Crippen LogP contribution in [0.4, 0.5) is 0 Å². The number of nitrogens with two attached hydrogens (primary N) is 1. The van der Waals surface area contributed by atoms with Gasteiger partial charge in [-0.25, -0.2) is 0 Å². The molecule has 113 valence electrons. The predicted octanol–water partition coefficient (Wildman–Crippen LogP) is 1.02. The molecule has 0 saturated carbocycles. The molecule has 0 aliphatic carbocycles. The van der Waals surface area contributed by atoms with Crippen LogP contribution in [0.5, 0.6) is 0 Å². The second-order valence-electron chi connectivity index (χ2n) is 6.06. The van der Waals surface area contributed by atoms with Crippen LogP contribution in [0.25, 0.3) is 0 Å². The molecule has 0 spiro atoms.